The lowest BCUT2D eigenvalue weighted by Gasteiger charge is -2.26. The van der Waals surface area contributed by atoms with E-state index in [4.69, 9.17) is 10.5 Å². The predicted molar refractivity (Wildman–Crippen MR) is 175 cm³/mol. The van der Waals surface area contributed by atoms with Gasteiger partial charge >= 0.3 is 0 Å². The van der Waals surface area contributed by atoms with E-state index in [1.54, 1.807) is 18.2 Å². The molecule has 6 rings (SSSR count). The van der Waals surface area contributed by atoms with Crippen LogP contribution in [0.25, 0.3) is 11.3 Å². The molecule has 3 aliphatic rings. The number of rotatable bonds is 9. The zero-order valence-electron chi connectivity index (χ0n) is 25.6. The number of nitrogens with zero attached hydrogens (tertiary/aromatic N) is 2. The fourth-order valence-corrected chi connectivity index (χ4v) is 6.34. The average molecular weight is 588 g/mol. The number of aromatic nitrogens is 1. The van der Waals surface area contributed by atoms with Crippen molar-refractivity contribution < 1.29 is 19.4 Å². The molecule has 3 N–H and O–H groups in total. The van der Waals surface area contributed by atoms with Gasteiger partial charge in [0.25, 0.3) is 0 Å². The van der Waals surface area contributed by atoms with Gasteiger partial charge in [-0.3, -0.25) is 9.59 Å². The molecule has 0 saturated heterocycles. The van der Waals surface area contributed by atoms with Crippen LogP contribution >= 0.6 is 0 Å². The number of allylic oxidation sites excluding steroid dienone is 5. The summed E-state index contributed by atoms with van der Waals surface area (Å²) < 4.78 is 6.49. The summed E-state index contributed by atoms with van der Waals surface area (Å²) in [5.74, 6) is 1.35. The number of nitrogen functional groups attached to an aromatic ring is 1. The van der Waals surface area contributed by atoms with Crippen LogP contribution in [0.4, 0.5) is 11.5 Å². The highest BCUT2D eigenvalue weighted by atomic mass is 16.5. The van der Waals surface area contributed by atoms with Crippen molar-refractivity contribution >= 4 is 40.1 Å². The number of pyridine rings is 1. The normalized spacial score (nSPS) is 15.7. The summed E-state index contributed by atoms with van der Waals surface area (Å²) in [6.07, 6.45) is 10.1. The van der Waals surface area contributed by atoms with E-state index in [1.807, 2.05) is 18.2 Å². The van der Waals surface area contributed by atoms with Gasteiger partial charge in [0.15, 0.2) is 17.4 Å². The van der Waals surface area contributed by atoms with Crippen molar-refractivity contribution in [1.82, 2.24) is 4.98 Å². The minimum Gasteiger partial charge on any atom is -0.506 e. The molecule has 0 unspecified atom stereocenters. The number of Topliss-reactive ketones (excluding diaryl/α,β-unsaturated/α-hetero) is 2. The standard InChI is InChI=1S/C37H37N3O4/c1-20(2)36(21(3)4)44-28-14-22(13-26(17-28)23-7-5-6-8-23)15-32(41)24-9-11-29-30(18-24)35(43)33(34(29)42)31-12-10-25-16-27(38)19-39-37(25)40-31/h5,7-9,11,13-14,16-21,36,43H,6,10,12,15,38H2,1-4H3. The topological polar surface area (TPSA) is 115 Å². The van der Waals surface area contributed by atoms with Crippen molar-refractivity contribution in [3.8, 4) is 5.75 Å². The molecule has 0 spiro atoms. The lowest BCUT2D eigenvalue weighted by Crippen LogP contribution is -2.29. The number of aliphatic hydroxyl groups is 1. The first-order chi connectivity index (χ1) is 21.1. The Morgan fingerprint density at radius 2 is 1.82 bits per heavy atom. The molecule has 0 radical (unpaired) electrons. The van der Waals surface area contributed by atoms with Crippen LogP contribution in [-0.4, -0.2) is 33.5 Å². The zero-order valence-corrected chi connectivity index (χ0v) is 25.6. The van der Waals surface area contributed by atoms with Gasteiger partial charge in [0, 0.05) is 23.1 Å². The number of carbonyl (C=O) groups is 2. The van der Waals surface area contributed by atoms with Gasteiger partial charge in [-0.1, -0.05) is 58.1 Å². The average Bonchev–Trinajstić information content (AvgIpc) is 3.62. The molecule has 0 bridgehead atoms. The molecule has 0 amide bonds. The molecule has 0 fully saturated rings. The van der Waals surface area contributed by atoms with Crippen molar-refractivity contribution in [2.24, 2.45) is 16.8 Å². The van der Waals surface area contributed by atoms with E-state index >= 15 is 0 Å². The fourth-order valence-electron chi connectivity index (χ4n) is 6.34. The molecule has 2 heterocycles. The number of aliphatic hydroxyl groups excluding tert-OH is 1. The maximum Gasteiger partial charge on any atom is 0.199 e. The Hall–Kier alpha value is -4.78. The SMILES string of the molecule is CC(C)C(Oc1cc(CC(=O)c2ccc3c(c2)C(O)=C(C2=Nc4ncc(N)cc4CC2)C3=O)cc(C2=CCC=C2)c1)C(C)C. The van der Waals surface area contributed by atoms with E-state index < -0.39 is 0 Å². The van der Waals surface area contributed by atoms with Crippen molar-refractivity contribution in [3.05, 3.63) is 106 Å². The summed E-state index contributed by atoms with van der Waals surface area (Å²) >= 11 is 0. The minimum atomic E-state index is -0.300. The van der Waals surface area contributed by atoms with Crippen LogP contribution in [0, 0.1) is 11.8 Å². The molecule has 2 aromatic carbocycles. The number of anilines is 1. The number of carbonyl (C=O) groups excluding carboxylic acids is 2. The Balaban J connectivity index is 1.29. The summed E-state index contributed by atoms with van der Waals surface area (Å²) in [4.78, 5) is 35.9. The Bertz CT molecular complexity index is 1800. The molecule has 2 aliphatic carbocycles. The number of ketones is 2. The number of ether oxygens (including phenoxy) is 1. The van der Waals surface area contributed by atoms with Crippen LogP contribution in [0.1, 0.15) is 83.5 Å². The summed E-state index contributed by atoms with van der Waals surface area (Å²) in [6, 6.07) is 12.8. The highest BCUT2D eigenvalue weighted by Gasteiger charge is 2.34. The summed E-state index contributed by atoms with van der Waals surface area (Å²) in [6.45, 7) is 8.62. The molecule has 0 saturated carbocycles. The van der Waals surface area contributed by atoms with Crippen LogP contribution in [0.15, 0.2) is 77.5 Å². The van der Waals surface area contributed by atoms with E-state index in [1.165, 1.54) is 6.20 Å². The third-order valence-corrected chi connectivity index (χ3v) is 8.45. The molecule has 1 aliphatic heterocycles. The summed E-state index contributed by atoms with van der Waals surface area (Å²) in [7, 11) is 0. The fraction of sp³-hybridized carbons (Fsp3) is 0.297. The monoisotopic (exact) mass is 587 g/mol. The van der Waals surface area contributed by atoms with Gasteiger partial charge in [0.1, 0.15) is 17.6 Å². The molecular formula is C37H37N3O4. The van der Waals surface area contributed by atoms with Crippen molar-refractivity contribution in [1.29, 1.82) is 0 Å². The largest absolute Gasteiger partial charge is 0.506 e. The quantitative estimate of drug-likeness (QED) is 0.248. The Kier molecular flexibility index (Phi) is 7.80. The van der Waals surface area contributed by atoms with Gasteiger partial charge in [0.2, 0.25) is 0 Å². The third-order valence-electron chi connectivity index (χ3n) is 8.45. The molecule has 7 nitrogen and oxygen atoms in total. The van der Waals surface area contributed by atoms with E-state index in [0.29, 0.717) is 58.6 Å². The number of hydrogen-bond donors (Lipinski definition) is 2. The van der Waals surface area contributed by atoms with Crippen molar-refractivity contribution in [2.45, 2.75) is 59.5 Å². The first-order valence-electron chi connectivity index (χ1n) is 15.2. The van der Waals surface area contributed by atoms with Crippen LogP contribution in [0.2, 0.25) is 0 Å². The van der Waals surface area contributed by atoms with E-state index in [0.717, 1.165) is 34.4 Å². The second-order valence-corrected chi connectivity index (χ2v) is 12.5. The number of aryl methyl sites for hydroxylation is 1. The van der Waals surface area contributed by atoms with Crippen molar-refractivity contribution in [2.75, 3.05) is 5.73 Å². The maximum absolute atomic E-state index is 13.6. The summed E-state index contributed by atoms with van der Waals surface area (Å²) in [5, 5.41) is 11.2. The van der Waals surface area contributed by atoms with Gasteiger partial charge in [0.05, 0.1) is 23.2 Å². The van der Waals surface area contributed by atoms with Gasteiger partial charge in [-0.15, -0.1) is 0 Å². The number of benzene rings is 2. The summed E-state index contributed by atoms with van der Waals surface area (Å²) in [5.41, 5.74) is 12.1. The minimum absolute atomic E-state index is 0.0382. The van der Waals surface area contributed by atoms with E-state index in [2.05, 4.69) is 62.0 Å². The van der Waals surface area contributed by atoms with Crippen LogP contribution in [0.3, 0.4) is 0 Å². The Labute approximate surface area is 257 Å². The lowest BCUT2D eigenvalue weighted by atomic mass is 9.95. The highest BCUT2D eigenvalue weighted by molar-refractivity contribution is 6.36. The van der Waals surface area contributed by atoms with Gasteiger partial charge in [-0.2, -0.15) is 0 Å². The molecule has 7 heteroatoms. The maximum atomic E-state index is 13.6. The molecule has 1 aromatic heterocycles. The molecule has 0 atom stereocenters. The molecule has 3 aromatic rings. The molecular weight excluding hydrogens is 550 g/mol. The number of nitrogens with two attached hydrogens (primary N) is 1. The van der Waals surface area contributed by atoms with Crippen LogP contribution in [-0.2, 0) is 12.8 Å². The Morgan fingerprint density at radius 1 is 1.02 bits per heavy atom. The van der Waals surface area contributed by atoms with Gasteiger partial charge in [-0.05, 0) is 83.7 Å². The molecule has 44 heavy (non-hydrogen) atoms. The van der Waals surface area contributed by atoms with E-state index in [-0.39, 0.29) is 35.4 Å². The molecule has 224 valence electrons. The lowest BCUT2D eigenvalue weighted by molar-refractivity contribution is 0.0988. The van der Waals surface area contributed by atoms with Gasteiger partial charge in [-0.25, -0.2) is 9.98 Å². The Morgan fingerprint density at radius 3 is 2.55 bits per heavy atom. The smallest absolute Gasteiger partial charge is 0.199 e. The second-order valence-electron chi connectivity index (χ2n) is 12.5. The van der Waals surface area contributed by atoms with Gasteiger partial charge < -0.3 is 15.6 Å². The first kappa shape index (κ1) is 29.3. The number of fused-ring (bicyclic) bond motifs is 2. The van der Waals surface area contributed by atoms with Crippen molar-refractivity contribution in [3.63, 3.8) is 0 Å². The first-order valence-corrected chi connectivity index (χ1v) is 15.2. The van der Waals surface area contributed by atoms with Crippen LogP contribution < -0.4 is 10.5 Å². The number of aliphatic imine (C=N–C) groups is 1. The third kappa shape index (κ3) is 5.62. The van der Waals surface area contributed by atoms with Crippen LogP contribution in [0.5, 0.6) is 5.75 Å². The zero-order chi connectivity index (χ0) is 31.1. The number of hydrogen-bond acceptors (Lipinski definition) is 7. The van der Waals surface area contributed by atoms with E-state index in [9.17, 15) is 14.7 Å². The second kappa shape index (κ2) is 11.7. The highest BCUT2D eigenvalue weighted by Crippen LogP contribution is 2.37. The predicted octanol–water partition coefficient (Wildman–Crippen LogP) is 7.68.